The van der Waals surface area contributed by atoms with Crippen LogP contribution in [-0.4, -0.2) is 11.8 Å². The van der Waals surface area contributed by atoms with Crippen molar-refractivity contribution < 1.29 is 9.59 Å². The Labute approximate surface area is 170 Å². The molecular weight excluding hydrogens is 362 g/mol. The Kier molecular flexibility index (Phi) is 6.63. The van der Waals surface area contributed by atoms with E-state index in [0.29, 0.717) is 23.4 Å². The molecule has 0 fully saturated rings. The summed E-state index contributed by atoms with van der Waals surface area (Å²) in [5.41, 5.74) is 9.49. The van der Waals surface area contributed by atoms with E-state index in [4.69, 9.17) is 5.73 Å². The van der Waals surface area contributed by atoms with Crippen LogP contribution in [0.5, 0.6) is 0 Å². The summed E-state index contributed by atoms with van der Waals surface area (Å²) in [6.07, 6.45) is 0.822. The highest BCUT2D eigenvalue weighted by Crippen LogP contribution is 2.19. The first-order chi connectivity index (χ1) is 14.0. The van der Waals surface area contributed by atoms with Crippen LogP contribution in [0.25, 0.3) is 0 Å². The number of carbonyl (C=O) groups is 2. The first kappa shape index (κ1) is 20.1. The van der Waals surface area contributed by atoms with Gasteiger partial charge < -0.3 is 16.4 Å². The minimum atomic E-state index is -0.232. The fourth-order valence-electron chi connectivity index (χ4n) is 3.11. The van der Waals surface area contributed by atoms with Gasteiger partial charge in [-0.3, -0.25) is 9.59 Å². The molecule has 0 aromatic heterocycles. The Morgan fingerprint density at radius 1 is 0.897 bits per heavy atom. The average Bonchev–Trinajstić information content (AvgIpc) is 2.74. The van der Waals surface area contributed by atoms with Crippen molar-refractivity contribution in [3.63, 3.8) is 0 Å². The largest absolute Gasteiger partial charge is 0.399 e. The van der Waals surface area contributed by atoms with E-state index in [2.05, 4.69) is 10.6 Å². The summed E-state index contributed by atoms with van der Waals surface area (Å²) in [6, 6.07) is 24.1. The minimum absolute atomic E-state index is 0.145. The Morgan fingerprint density at radius 2 is 1.55 bits per heavy atom. The number of nitrogen functional groups attached to an aromatic ring is 1. The van der Waals surface area contributed by atoms with Crippen molar-refractivity contribution in [1.82, 2.24) is 5.32 Å². The molecule has 5 nitrogen and oxygen atoms in total. The summed E-state index contributed by atoms with van der Waals surface area (Å²) in [6.45, 7) is 1.93. The normalized spacial score (nSPS) is 11.5. The average molecular weight is 387 g/mol. The number of hydrogen-bond donors (Lipinski definition) is 3. The lowest BCUT2D eigenvalue weighted by Gasteiger charge is -2.16. The molecule has 0 aliphatic rings. The molecule has 29 heavy (non-hydrogen) atoms. The Hall–Kier alpha value is -3.60. The lowest BCUT2D eigenvalue weighted by Crippen LogP contribution is -2.28. The van der Waals surface area contributed by atoms with Crippen LogP contribution in [0.15, 0.2) is 78.9 Å². The third kappa shape index (κ3) is 5.45. The van der Waals surface area contributed by atoms with Crippen LogP contribution >= 0.6 is 0 Å². The van der Waals surface area contributed by atoms with E-state index in [0.717, 1.165) is 11.1 Å². The molecular formula is C24H25N3O2. The number of para-hydroxylation sites is 2. The van der Waals surface area contributed by atoms with Crippen LogP contribution in [-0.2, 0) is 11.2 Å². The van der Waals surface area contributed by atoms with Crippen molar-refractivity contribution in [2.75, 3.05) is 11.1 Å². The van der Waals surface area contributed by atoms with Crippen LogP contribution in [0, 0.1) is 0 Å². The summed E-state index contributed by atoms with van der Waals surface area (Å²) < 4.78 is 0. The van der Waals surface area contributed by atoms with Gasteiger partial charge in [-0.25, -0.2) is 0 Å². The number of benzene rings is 3. The molecule has 3 aromatic rings. The Balaban J connectivity index is 1.64. The van der Waals surface area contributed by atoms with Crippen LogP contribution in [0.2, 0.25) is 0 Å². The topological polar surface area (TPSA) is 84.2 Å². The smallest absolute Gasteiger partial charge is 0.253 e. The van der Waals surface area contributed by atoms with Gasteiger partial charge in [0, 0.05) is 12.1 Å². The summed E-state index contributed by atoms with van der Waals surface area (Å²) in [7, 11) is 0. The third-order valence-corrected chi connectivity index (χ3v) is 4.77. The van der Waals surface area contributed by atoms with Gasteiger partial charge in [0.15, 0.2) is 0 Å². The first-order valence-corrected chi connectivity index (χ1v) is 9.62. The summed E-state index contributed by atoms with van der Waals surface area (Å²) >= 11 is 0. The third-order valence-electron chi connectivity index (χ3n) is 4.77. The molecule has 4 N–H and O–H groups in total. The van der Waals surface area contributed by atoms with Crippen LogP contribution in [0.1, 0.15) is 40.9 Å². The van der Waals surface area contributed by atoms with E-state index in [1.165, 1.54) is 0 Å². The number of amides is 2. The molecule has 0 radical (unpaired) electrons. The first-order valence-electron chi connectivity index (χ1n) is 9.62. The molecule has 1 atom stereocenters. The van der Waals surface area contributed by atoms with Crippen LogP contribution < -0.4 is 16.4 Å². The standard InChI is InChI=1S/C24H25N3O2/c1-17(18-9-3-2-4-10-18)26-24(29)20-12-6-8-14-22(20)27-23(28)16-15-19-11-5-7-13-21(19)25/h2-14,17H,15-16,25H2,1H3,(H,26,29)(H,27,28). The van der Waals surface area contributed by atoms with Crippen molar-refractivity contribution in [3.05, 3.63) is 95.6 Å². The van der Waals surface area contributed by atoms with Crippen LogP contribution in [0.3, 0.4) is 0 Å². The molecule has 0 spiro atoms. The molecule has 0 bridgehead atoms. The molecule has 0 heterocycles. The predicted molar refractivity (Wildman–Crippen MR) is 117 cm³/mol. The molecule has 0 saturated heterocycles. The second-order valence-corrected chi connectivity index (χ2v) is 6.90. The Bertz CT molecular complexity index is 986. The van der Waals surface area contributed by atoms with E-state index >= 15 is 0 Å². The van der Waals surface area contributed by atoms with E-state index in [1.807, 2.05) is 61.5 Å². The van der Waals surface area contributed by atoms with E-state index in [-0.39, 0.29) is 24.3 Å². The van der Waals surface area contributed by atoms with Gasteiger partial charge in [-0.15, -0.1) is 0 Å². The fourth-order valence-corrected chi connectivity index (χ4v) is 3.11. The predicted octanol–water partition coefficient (Wildman–Crippen LogP) is 4.33. The van der Waals surface area contributed by atoms with E-state index < -0.39 is 0 Å². The molecule has 1 unspecified atom stereocenters. The van der Waals surface area contributed by atoms with Gasteiger partial charge in [0.25, 0.3) is 5.91 Å². The molecule has 5 heteroatoms. The summed E-state index contributed by atoms with van der Waals surface area (Å²) in [4.78, 5) is 25.2. The molecule has 3 rings (SSSR count). The van der Waals surface area contributed by atoms with E-state index in [9.17, 15) is 9.59 Å². The van der Waals surface area contributed by atoms with Crippen molar-refractivity contribution >= 4 is 23.2 Å². The highest BCUT2D eigenvalue weighted by Gasteiger charge is 2.16. The van der Waals surface area contributed by atoms with E-state index in [1.54, 1.807) is 24.3 Å². The van der Waals surface area contributed by atoms with Gasteiger partial charge >= 0.3 is 0 Å². The number of nitrogens with one attached hydrogen (secondary N) is 2. The monoisotopic (exact) mass is 387 g/mol. The van der Waals surface area contributed by atoms with Gasteiger partial charge in [-0.05, 0) is 42.7 Å². The number of nitrogens with two attached hydrogens (primary N) is 1. The number of carbonyl (C=O) groups excluding carboxylic acids is 2. The number of rotatable bonds is 7. The van der Waals surface area contributed by atoms with Gasteiger partial charge in [-0.2, -0.15) is 0 Å². The number of hydrogen-bond acceptors (Lipinski definition) is 3. The SMILES string of the molecule is CC(NC(=O)c1ccccc1NC(=O)CCc1ccccc1N)c1ccccc1. The summed E-state index contributed by atoms with van der Waals surface area (Å²) in [5, 5.41) is 5.84. The Morgan fingerprint density at radius 3 is 2.31 bits per heavy atom. The minimum Gasteiger partial charge on any atom is -0.399 e. The molecule has 0 aliphatic carbocycles. The highest BCUT2D eigenvalue weighted by atomic mass is 16.2. The lowest BCUT2D eigenvalue weighted by molar-refractivity contribution is -0.116. The zero-order valence-corrected chi connectivity index (χ0v) is 16.4. The van der Waals surface area contributed by atoms with Crippen molar-refractivity contribution in [3.8, 4) is 0 Å². The number of aryl methyl sites for hydroxylation is 1. The second kappa shape index (κ2) is 9.55. The maximum Gasteiger partial charge on any atom is 0.253 e. The zero-order valence-electron chi connectivity index (χ0n) is 16.4. The lowest BCUT2D eigenvalue weighted by atomic mass is 10.1. The zero-order chi connectivity index (χ0) is 20.6. The molecule has 0 aliphatic heterocycles. The molecule has 3 aromatic carbocycles. The van der Waals surface area contributed by atoms with Gasteiger partial charge in [0.1, 0.15) is 0 Å². The van der Waals surface area contributed by atoms with Crippen molar-refractivity contribution in [2.45, 2.75) is 25.8 Å². The van der Waals surface area contributed by atoms with Crippen molar-refractivity contribution in [1.29, 1.82) is 0 Å². The maximum atomic E-state index is 12.8. The van der Waals surface area contributed by atoms with Gasteiger partial charge in [0.2, 0.25) is 5.91 Å². The highest BCUT2D eigenvalue weighted by molar-refractivity contribution is 6.03. The quantitative estimate of drug-likeness (QED) is 0.528. The fraction of sp³-hybridized carbons (Fsp3) is 0.167. The van der Waals surface area contributed by atoms with Crippen LogP contribution in [0.4, 0.5) is 11.4 Å². The summed E-state index contributed by atoms with van der Waals surface area (Å²) in [5.74, 6) is -0.394. The maximum absolute atomic E-state index is 12.8. The molecule has 2 amide bonds. The molecule has 0 saturated carbocycles. The molecule has 148 valence electrons. The van der Waals surface area contributed by atoms with Crippen molar-refractivity contribution in [2.24, 2.45) is 0 Å². The van der Waals surface area contributed by atoms with Gasteiger partial charge in [-0.1, -0.05) is 60.7 Å². The second-order valence-electron chi connectivity index (χ2n) is 6.90. The number of anilines is 2. The van der Waals surface area contributed by atoms with Gasteiger partial charge in [0.05, 0.1) is 17.3 Å².